The van der Waals surface area contributed by atoms with E-state index in [1.165, 1.54) is 6.08 Å². The highest BCUT2D eigenvalue weighted by molar-refractivity contribution is 6.31. The van der Waals surface area contributed by atoms with Crippen molar-refractivity contribution in [2.75, 3.05) is 39.4 Å². The number of nitrogens with zero attached hydrogens (tertiary/aromatic N) is 1. The van der Waals surface area contributed by atoms with E-state index < -0.39 is 11.8 Å². The predicted octanol–water partition coefficient (Wildman–Crippen LogP) is 4.47. The quantitative estimate of drug-likeness (QED) is 0.434. The van der Waals surface area contributed by atoms with Crippen molar-refractivity contribution in [2.45, 2.75) is 0 Å². The first-order valence-electron chi connectivity index (χ1n) is 11.2. The SMILES string of the molecule is O=C(NCCN1CCOCC1)/C(=C/c1ccc(-c2ccc(Cl)cc2)o1)NC(=O)c1ccc(Cl)cc1. The van der Waals surface area contributed by atoms with Gasteiger partial charge in [-0.2, -0.15) is 0 Å². The Morgan fingerprint density at radius 3 is 2.26 bits per heavy atom. The molecule has 4 rings (SSSR count). The zero-order valence-corrected chi connectivity index (χ0v) is 20.4. The highest BCUT2D eigenvalue weighted by Gasteiger charge is 2.17. The summed E-state index contributed by atoms with van der Waals surface area (Å²) in [7, 11) is 0. The molecule has 1 aliphatic heterocycles. The molecule has 0 radical (unpaired) electrons. The van der Waals surface area contributed by atoms with Crippen LogP contribution in [0.2, 0.25) is 10.0 Å². The van der Waals surface area contributed by atoms with Crippen LogP contribution in [0.4, 0.5) is 0 Å². The van der Waals surface area contributed by atoms with Crippen LogP contribution in [0.15, 0.2) is 70.8 Å². The van der Waals surface area contributed by atoms with E-state index >= 15 is 0 Å². The minimum absolute atomic E-state index is 0.0731. The predicted molar refractivity (Wildman–Crippen MR) is 136 cm³/mol. The van der Waals surface area contributed by atoms with E-state index in [9.17, 15) is 9.59 Å². The van der Waals surface area contributed by atoms with Gasteiger partial charge in [0.25, 0.3) is 11.8 Å². The number of halogens is 2. The van der Waals surface area contributed by atoms with Crippen LogP contribution in [-0.4, -0.2) is 56.1 Å². The van der Waals surface area contributed by atoms with E-state index in [4.69, 9.17) is 32.4 Å². The molecule has 182 valence electrons. The van der Waals surface area contributed by atoms with Crippen molar-refractivity contribution in [3.63, 3.8) is 0 Å². The van der Waals surface area contributed by atoms with Gasteiger partial charge in [0.15, 0.2) is 0 Å². The van der Waals surface area contributed by atoms with Gasteiger partial charge in [-0.3, -0.25) is 14.5 Å². The number of carbonyl (C=O) groups is 2. The fraction of sp³-hybridized carbons (Fsp3) is 0.231. The van der Waals surface area contributed by atoms with Crippen LogP contribution in [0, 0.1) is 0 Å². The largest absolute Gasteiger partial charge is 0.457 e. The minimum atomic E-state index is -0.430. The Balaban J connectivity index is 1.50. The number of hydrogen-bond donors (Lipinski definition) is 2. The molecule has 3 aromatic rings. The Morgan fingerprint density at radius 2 is 1.57 bits per heavy atom. The molecule has 9 heteroatoms. The normalized spacial score (nSPS) is 14.5. The number of nitrogens with one attached hydrogen (secondary N) is 2. The lowest BCUT2D eigenvalue weighted by molar-refractivity contribution is -0.117. The molecule has 1 aromatic heterocycles. The van der Waals surface area contributed by atoms with Crippen molar-refractivity contribution < 1.29 is 18.7 Å². The third-order valence-corrected chi connectivity index (χ3v) is 5.96. The Hall–Kier alpha value is -3.10. The summed E-state index contributed by atoms with van der Waals surface area (Å²) in [6.07, 6.45) is 1.51. The fourth-order valence-electron chi connectivity index (χ4n) is 3.54. The molecule has 0 atom stereocenters. The highest BCUT2D eigenvalue weighted by Crippen LogP contribution is 2.25. The first kappa shape index (κ1) is 25.0. The third-order valence-electron chi connectivity index (χ3n) is 5.46. The van der Waals surface area contributed by atoms with Crippen molar-refractivity contribution >= 4 is 41.1 Å². The summed E-state index contributed by atoms with van der Waals surface area (Å²) < 4.78 is 11.3. The molecule has 2 aromatic carbocycles. The monoisotopic (exact) mass is 513 g/mol. The maximum Gasteiger partial charge on any atom is 0.267 e. The lowest BCUT2D eigenvalue weighted by Crippen LogP contribution is -2.42. The van der Waals surface area contributed by atoms with Crippen LogP contribution in [-0.2, 0) is 9.53 Å². The molecule has 2 N–H and O–H groups in total. The molecule has 1 saturated heterocycles. The van der Waals surface area contributed by atoms with Gasteiger partial charge in [-0.25, -0.2) is 0 Å². The lowest BCUT2D eigenvalue weighted by atomic mass is 10.2. The first-order chi connectivity index (χ1) is 17.0. The number of morpholine rings is 1. The summed E-state index contributed by atoms with van der Waals surface area (Å²) in [6, 6.07) is 17.2. The van der Waals surface area contributed by atoms with Crippen LogP contribution < -0.4 is 10.6 Å². The molecule has 2 amide bonds. The second-order valence-corrected chi connectivity index (χ2v) is 8.81. The molecule has 0 spiro atoms. The lowest BCUT2D eigenvalue weighted by Gasteiger charge is -2.26. The summed E-state index contributed by atoms with van der Waals surface area (Å²) in [5.74, 6) is 0.194. The van der Waals surface area contributed by atoms with E-state index in [1.807, 2.05) is 12.1 Å². The van der Waals surface area contributed by atoms with Crippen LogP contribution in [0.3, 0.4) is 0 Å². The average molecular weight is 514 g/mol. The second-order valence-electron chi connectivity index (χ2n) is 7.94. The minimum Gasteiger partial charge on any atom is -0.457 e. The zero-order valence-electron chi connectivity index (χ0n) is 18.9. The van der Waals surface area contributed by atoms with E-state index in [-0.39, 0.29) is 5.70 Å². The molecule has 0 aliphatic carbocycles. The smallest absolute Gasteiger partial charge is 0.267 e. The number of amides is 2. The maximum atomic E-state index is 13.0. The maximum absolute atomic E-state index is 13.0. The van der Waals surface area contributed by atoms with Crippen LogP contribution in [0.25, 0.3) is 17.4 Å². The van der Waals surface area contributed by atoms with E-state index in [0.29, 0.717) is 53.4 Å². The van der Waals surface area contributed by atoms with E-state index in [0.717, 1.165) is 18.7 Å². The molecular formula is C26H25Cl2N3O4. The standard InChI is InChI=1S/C26H25Cl2N3O4/c27-20-5-1-18(2-6-20)24-10-9-22(35-24)17-23(30-25(32)19-3-7-21(28)8-4-19)26(33)29-11-12-31-13-15-34-16-14-31/h1-10,17H,11-16H2,(H,29,33)(H,30,32)/b23-17-. The number of furan rings is 1. The van der Waals surface area contributed by atoms with Gasteiger partial charge >= 0.3 is 0 Å². The van der Waals surface area contributed by atoms with Crippen molar-refractivity contribution in [2.24, 2.45) is 0 Å². The van der Waals surface area contributed by atoms with Gasteiger partial charge in [0.2, 0.25) is 0 Å². The Labute approximate surface area is 213 Å². The molecule has 1 aliphatic rings. The Morgan fingerprint density at radius 1 is 0.914 bits per heavy atom. The van der Waals surface area contributed by atoms with Crippen LogP contribution >= 0.6 is 23.2 Å². The Bertz CT molecular complexity index is 1180. The molecule has 7 nitrogen and oxygen atoms in total. The van der Waals surface area contributed by atoms with Crippen LogP contribution in [0.5, 0.6) is 0 Å². The Kier molecular flexibility index (Phi) is 8.60. The van der Waals surface area contributed by atoms with Gasteiger partial charge in [-0.15, -0.1) is 0 Å². The molecule has 0 unspecified atom stereocenters. The van der Waals surface area contributed by atoms with Gasteiger partial charge in [0.1, 0.15) is 17.2 Å². The van der Waals surface area contributed by atoms with Crippen molar-refractivity contribution in [1.82, 2.24) is 15.5 Å². The molecule has 0 saturated carbocycles. The summed E-state index contributed by atoms with van der Waals surface area (Å²) in [6.45, 7) is 4.14. The van der Waals surface area contributed by atoms with E-state index in [1.54, 1.807) is 48.5 Å². The summed E-state index contributed by atoms with van der Waals surface area (Å²) >= 11 is 11.9. The number of ether oxygens (including phenoxy) is 1. The number of rotatable bonds is 8. The van der Waals surface area contributed by atoms with Crippen LogP contribution in [0.1, 0.15) is 16.1 Å². The number of benzene rings is 2. The first-order valence-corrected chi connectivity index (χ1v) is 12.0. The fourth-order valence-corrected chi connectivity index (χ4v) is 3.80. The molecule has 35 heavy (non-hydrogen) atoms. The molecule has 2 heterocycles. The van der Waals surface area contributed by atoms with Gasteiger partial charge < -0.3 is 19.8 Å². The van der Waals surface area contributed by atoms with Crippen molar-refractivity contribution in [3.8, 4) is 11.3 Å². The summed E-state index contributed by atoms with van der Waals surface area (Å²) in [5.41, 5.74) is 1.29. The number of hydrogen-bond acceptors (Lipinski definition) is 5. The third kappa shape index (κ3) is 7.19. The van der Waals surface area contributed by atoms with Gasteiger partial charge in [-0.1, -0.05) is 23.2 Å². The molecule has 1 fully saturated rings. The number of carbonyl (C=O) groups excluding carboxylic acids is 2. The molecule has 0 bridgehead atoms. The second kappa shape index (κ2) is 12.0. The van der Waals surface area contributed by atoms with Crippen molar-refractivity contribution in [3.05, 3.63) is 87.7 Å². The zero-order chi connectivity index (χ0) is 24.6. The van der Waals surface area contributed by atoms with Gasteiger partial charge in [0, 0.05) is 53.4 Å². The van der Waals surface area contributed by atoms with E-state index in [2.05, 4.69) is 15.5 Å². The highest BCUT2D eigenvalue weighted by atomic mass is 35.5. The summed E-state index contributed by atoms with van der Waals surface area (Å²) in [4.78, 5) is 28.0. The molecular weight excluding hydrogens is 489 g/mol. The van der Waals surface area contributed by atoms with Gasteiger partial charge in [0.05, 0.1) is 13.2 Å². The van der Waals surface area contributed by atoms with Crippen molar-refractivity contribution in [1.29, 1.82) is 0 Å². The average Bonchev–Trinajstić information content (AvgIpc) is 3.33. The van der Waals surface area contributed by atoms with Gasteiger partial charge in [-0.05, 0) is 60.7 Å². The topological polar surface area (TPSA) is 83.8 Å². The summed E-state index contributed by atoms with van der Waals surface area (Å²) in [5, 5.41) is 6.72.